The van der Waals surface area contributed by atoms with Crippen LogP contribution < -0.4 is 5.32 Å². The molecule has 2 aromatic carbocycles. The molecular weight excluding hydrogens is 290 g/mol. The molecule has 2 N–H and O–H groups in total. The van der Waals surface area contributed by atoms with Crippen LogP contribution in [0.15, 0.2) is 59.1 Å². The topological polar surface area (TPSA) is 70.9 Å². The van der Waals surface area contributed by atoms with Crippen molar-refractivity contribution in [2.24, 2.45) is 0 Å². The highest BCUT2D eigenvalue weighted by Gasteiger charge is 2.15. The molecule has 0 aliphatic rings. The molecule has 1 atom stereocenters. The number of hydrogen-bond acceptors (Lipinski definition) is 3. The van der Waals surface area contributed by atoms with Crippen molar-refractivity contribution in [2.75, 3.05) is 0 Å². The van der Waals surface area contributed by atoms with E-state index in [1.54, 1.807) is 18.3 Å². The van der Waals surface area contributed by atoms with Crippen LogP contribution in [0.5, 0.6) is 0 Å². The summed E-state index contributed by atoms with van der Waals surface area (Å²) in [7, 11) is 0. The number of aromatic amines is 1. The Morgan fingerprint density at radius 3 is 2.91 bits per heavy atom. The van der Waals surface area contributed by atoms with E-state index < -0.39 is 0 Å². The number of para-hydroxylation sites is 1. The molecule has 0 spiro atoms. The smallest absolute Gasteiger partial charge is 0.251 e. The number of nitrogens with zero attached hydrogens (tertiary/aromatic N) is 1. The number of rotatable bonds is 3. The number of furan rings is 1. The van der Waals surface area contributed by atoms with Crippen LogP contribution in [-0.2, 0) is 0 Å². The minimum atomic E-state index is -0.215. The first kappa shape index (κ1) is 13.6. The lowest BCUT2D eigenvalue weighted by molar-refractivity contribution is 0.0936. The normalized spacial score (nSPS) is 12.6. The van der Waals surface area contributed by atoms with Crippen molar-refractivity contribution >= 4 is 27.8 Å². The number of carbonyl (C=O) groups excluding carboxylic acids is 1. The summed E-state index contributed by atoms with van der Waals surface area (Å²) in [5, 5.41) is 11.8. The van der Waals surface area contributed by atoms with Gasteiger partial charge in [-0.15, -0.1) is 0 Å². The molecule has 0 aliphatic heterocycles. The van der Waals surface area contributed by atoms with E-state index in [0.717, 1.165) is 27.6 Å². The zero-order valence-electron chi connectivity index (χ0n) is 12.5. The Hall–Kier alpha value is -3.08. The Bertz CT molecular complexity index is 967. The first-order valence-corrected chi connectivity index (χ1v) is 7.43. The molecule has 2 heterocycles. The van der Waals surface area contributed by atoms with E-state index in [4.69, 9.17) is 4.42 Å². The van der Waals surface area contributed by atoms with Crippen LogP contribution in [0.3, 0.4) is 0 Å². The van der Waals surface area contributed by atoms with Crippen molar-refractivity contribution in [1.29, 1.82) is 0 Å². The third-order valence-corrected chi connectivity index (χ3v) is 3.92. The second-order valence-corrected chi connectivity index (χ2v) is 5.55. The fraction of sp³-hybridized carbons (Fsp3) is 0.111. The fourth-order valence-electron chi connectivity index (χ4n) is 2.65. The van der Waals surface area contributed by atoms with Crippen molar-refractivity contribution in [3.63, 3.8) is 0 Å². The molecule has 5 nitrogen and oxygen atoms in total. The molecule has 0 saturated heterocycles. The molecule has 0 bridgehead atoms. The number of amides is 1. The van der Waals surface area contributed by atoms with Crippen LogP contribution in [0.2, 0.25) is 0 Å². The number of benzene rings is 2. The van der Waals surface area contributed by atoms with E-state index in [2.05, 4.69) is 15.5 Å². The van der Waals surface area contributed by atoms with Crippen LogP contribution in [0.25, 0.3) is 21.9 Å². The van der Waals surface area contributed by atoms with Gasteiger partial charge in [0, 0.05) is 16.3 Å². The molecule has 0 unspecified atom stereocenters. The van der Waals surface area contributed by atoms with Crippen molar-refractivity contribution in [3.05, 3.63) is 66.1 Å². The van der Waals surface area contributed by atoms with E-state index in [-0.39, 0.29) is 11.9 Å². The molecule has 0 aliphatic carbocycles. The number of hydrogen-bond donors (Lipinski definition) is 2. The lowest BCUT2D eigenvalue weighted by atomic mass is 10.1. The van der Waals surface area contributed by atoms with Gasteiger partial charge in [0.05, 0.1) is 17.8 Å². The molecular formula is C18H15N3O2. The Kier molecular flexibility index (Phi) is 3.12. The van der Waals surface area contributed by atoms with Gasteiger partial charge in [-0.2, -0.15) is 5.10 Å². The lowest BCUT2D eigenvalue weighted by Crippen LogP contribution is -2.26. The largest absolute Gasteiger partial charge is 0.459 e. The molecule has 4 rings (SSSR count). The summed E-state index contributed by atoms with van der Waals surface area (Å²) in [5.74, 6) is 0.594. The zero-order chi connectivity index (χ0) is 15.8. The summed E-state index contributed by atoms with van der Waals surface area (Å²) in [6.45, 7) is 1.91. The van der Waals surface area contributed by atoms with Crippen LogP contribution in [0.4, 0.5) is 0 Å². The highest BCUT2D eigenvalue weighted by atomic mass is 16.3. The van der Waals surface area contributed by atoms with Crippen LogP contribution in [0, 0.1) is 0 Å². The summed E-state index contributed by atoms with van der Waals surface area (Å²) in [5.41, 5.74) is 2.25. The fourth-order valence-corrected chi connectivity index (χ4v) is 2.65. The van der Waals surface area contributed by atoms with E-state index in [1.165, 1.54) is 0 Å². The summed E-state index contributed by atoms with van der Waals surface area (Å²) in [4.78, 5) is 12.4. The van der Waals surface area contributed by atoms with Crippen molar-refractivity contribution in [2.45, 2.75) is 13.0 Å². The van der Waals surface area contributed by atoms with Crippen LogP contribution in [-0.4, -0.2) is 16.1 Å². The number of nitrogens with one attached hydrogen (secondary N) is 2. The molecule has 5 heteroatoms. The van der Waals surface area contributed by atoms with Crippen molar-refractivity contribution in [3.8, 4) is 0 Å². The predicted octanol–water partition coefficient (Wildman–Crippen LogP) is 3.80. The van der Waals surface area contributed by atoms with E-state index in [1.807, 2.05) is 43.3 Å². The van der Waals surface area contributed by atoms with E-state index >= 15 is 0 Å². The van der Waals surface area contributed by atoms with Crippen LogP contribution in [0.1, 0.15) is 29.1 Å². The maximum Gasteiger partial charge on any atom is 0.251 e. The van der Waals surface area contributed by atoms with E-state index in [9.17, 15) is 4.79 Å². The molecule has 0 radical (unpaired) electrons. The van der Waals surface area contributed by atoms with Gasteiger partial charge >= 0.3 is 0 Å². The molecule has 0 fully saturated rings. The Balaban J connectivity index is 1.57. The molecule has 4 aromatic rings. The summed E-state index contributed by atoms with van der Waals surface area (Å²) >= 11 is 0. The first-order chi connectivity index (χ1) is 11.2. The molecule has 23 heavy (non-hydrogen) atoms. The average molecular weight is 305 g/mol. The highest BCUT2D eigenvalue weighted by molar-refractivity contribution is 5.97. The van der Waals surface area contributed by atoms with Gasteiger partial charge in [-0.1, -0.05) is 24.3 Å². The van der Waals surface area contributed by atoms with E-state index in [0.29, 0.717) is 5.56 Å². The summed E-state index contributed by atoms with van der Waals surface area (Å²) < 4.78 is 5.79. The molecule has 0 saturated carbocycles. The zero-order valence-corrected chi connectivity index (χ0v) is 12.5. The SMILES string of the molecule is C[C@@H](NC(=O)c1ccc2cn[nH]c2c1)c1cc2ccccc2o1. The van der Waals surface area contributed by atoms with Gasteiger partial charge in [-0.3, -0.25) is 9.89 Å². The van der Waals surface area contributed by atoms with Gasteiger partial charge in [-0.05, 0) is 31.2 Å². The Labute approximate surface area is 132 Å². The molecule has 1 amide bonds. The molecule has 2 aromatic heterocycles. The number of fused-ring (bicyclic) bond motifs is 2. The maximum absolute atomic E-state index is 12.4. The van der Waals surface area contributed by atoms with Gasteiger partial charge in [0.2, 0.25) is 0 Å². The first-order valence-electron chi connectivity index (χ1n) is 7.43. The second kappa shape index (κ2) is 5.28. The lowest BCUT2D eigenvalue weighted by Gasteiger charge is -2.11. The van der Waals surface area contributed by atoms with Gasteiger partial charge in [0.25, 0.3) is 5.91 Å². The quantitative estimate of drug-likeness (QED) is 0.605. The second-order valence-electron chi connectivity index (χ2n) is 5.55. The third kappa shape index (κ3) is 2.46. The van der Waals surface area contributed by atoms with Crippen molar-refractivity contribution < 1.29 is 9.21 Å². The molecule has 114 valence electrons. The Morgan fingerprint density at radius 2 is 2.04 bits per heavy atom. The minimum Gasteiger partial charge on any atom is -0.459 e. The van der Waals surface area contributed by atoms with Gasteiger partial charge < -0.3 is 9.73 Å². The average Bonchev–Trinajstić information content (AvgIpc) is 3.20. The highest BCUT2D eigenvalue weighted by Crippen LogP contribution is 2.24. The summed E-state index contributed by atoms with van der Waals surface area (Å²) in [6, 6.07) is 15.0. The number of aromatic nitrogens is 2. The standard InChI is InChI=1S/C18H15N3O2/c1-11(17-9-12-4-2-3-5-16(12)23-17)20-18(22)13-6-7-14-10-19-21-15(14)8-13/h2-11H,1H3,(H,19,21)(H,20,22)/t11-/m1/s1. The van der Waals surface area contributed by atoms with Crippen LogP contribution >= 0.6 is 0 Å². The van der Waals surface area contributed by atoms with Crippen molar-refractivity contribution in [1.82, 2.24) is 15.5 Å². The third-order valence-electron chi connectivity index (χ3n) is 3.92. The van der Waals surface area contributed by atoms with Gasteiger partial charge in [0.1, 0.15) is 11.3 Å². The number of carbonyl (C=O) groups is 1. The predicted molar refractivity (Wildman–Crippen MR) is 88.2 cm³/mol. The minimum absolute atomic E-state index is 0.144. The number of H-pyrrole nitrogens is 1. The monoisotopic (exact) mass is 305 g/mol. The van der Waals surface area contributed by atoms with Gasteiger partial charge in [-0.25, -0.2) is 0 Å². The Morgan fingerprint density at radius 1 is 1.17 bits per heavy atom. The summed E-state index contributed by atoms with van der Waals surface area (Å²) in [6.07, 6.45) is 1.73. The maximum atomic E-state index is 12.4. The van der Waals surface area contributed by atoms with Gasteiger partial charge in [0.15, 0.2) is 0 Å².